The molecule has 1 aromatic rings. The van der Waals surface area contributed by atoms with Crippen molar-refractivity contribution in [3.63, 3.8) is 0 Å². The number of halogens is 3. The van der Waals surface area contributed by atoms with Gasteiger partial charge in [-0.25, -0.2) is 13.6 Å². The first kappa shape index (κ1) is 18.2. The zero-order valence-corrected chi connectivity index (χ0v) is 14.2. The Labute approximate surface area is 143 Å². The topological polar surface area (TPSA) is 58.6 Å². The molecule has 24 heavy (non-hydrogen) atoms. The van der Waals surface area contributed by atoms with Crippen molar-refractivity contribution in [2.45, 2.75) is 32.4 Å². The molecular formula is C16H17ClF2N2O3. The van der Waals surface area contributed by atoms with E-state index in [2.05, 4.69) is 5.32 Å². The van der Waals surface area contributed by atoms with E-state index in [1.54, 1.807) is 26.8 Å². The van der Waals surface area contributed by atoms with E-state index in [1.165, 1.54) is 11.0 Å². The molecule has 1 aliphatic rings. The minimum absolute atomic E-state index is 0.194. The number of hydrogen-bond acceptors (Lipinski definition) is 3. The third-order valence-electron chi connectivity index (χ3n) is 3.15. The average molecular weight is 359 g/mol. The Bertz CT molecular complexity index is 701. The Kier molecular flexibility index (Phi) is 5.13. The van der Waals surface area contributed by atoms with Crippen LogP contribution in [0, 0.1) is 11.6 Å². The molecule has 5 nitrogen and oxygen atoms in total. The zero-order valence-electron chi connectivity index (χ0n) is 13.4. The van der Waals surface area contributed by atoms with Crippen molar-refractivity contribution in [1.82, 2.24) is 4.90 Å². The van der Waals surface area contributed by atoms with Gasteiger partial charge in [0.25, 0.3) is 5.91 Å². The first-order valence-electron chi connectivity index (χ1n) is 7.21. The van der Waals surface area contributed by atoms with Crippen molar-refractivity contribution in [2.24, 2.45) is 0 Å². The maximum absolute atomic E-state index is 13.9. The second kappa shape index (κ2) is 6.76. The number of hydrogen-bond donors (Lipinski definition) is 1. The van der Waals surface area contributed by atoms with Gasteiger partial charge in [0, 0.05) is 6.54 Å². The Morgan fingerprint density at radius 2 is 2.00 bits per heavy atom. The average Bonchev–Trinajstić information content (AvgIpc) is 2.96. The number of rotatable bonds is 2. The second-order valence-corrected chi connectivity index (χ2v) is 6.60. The van der Waals surface area contributed by atoms with E-state index < -0.39 is 40.3 Å². The van der Waals surface area contributed by atoms with Crippen LogP contribution < -0.4 is 5.32 Å². The molecular weight excluding hydrogens is 342 g/mol. The van der Waals surface area contributed by atoms with E-state index in [9.17, 15) is 18.4 Å². The van der Waals surface area contributed by atoms with Crippen LogP contribution in [0.5, 0.6) is 0 Å². The number of ether oxygens (including phenoxy) is 1. The molecule has 0 bridgehead atoms. The van der Waals surface area contributed by atoms with Crippen molar-refractivity contribution in [3.05, 3.63) is 40.9 Å². The van der Waals surface area contributed by atoms with Crippen LogP contribution in [0.25, 0.3) is 0 Å². The Morgan fingerprint density at radius 3 is 2.62 bits per heavy atom. The third-order valence-corrected chi connectivity index (χ3v) is 3.49. The molecule has 1 N–H and O–H groups in total. The summed E-state index contributed by atoms with van der Waals surface area (Å²) in [6.07, 6.45) is 2.47. The maximum Gasteiger partial charge on any atom is 0.411 e. The van der Waals surface area contributed by atoms with Crippen LogP contribution in [0.1, 0.15) is 20.8 Å². The molecule has 1 aliphatic heterocycles. The molecule has 0 saturated heterocycles. The van der Waals surface area contributed by atoms with Crippen LogP contribution in [0.15, 0.2) is 24.3 Å². The maximum atomic E-state index is 13.9. The third kappa shape index (κ3) is 4.03. The predicted octanol–water partition coefficient (Wildman–Crippen LogP) is 3.73. The van der Waals surface area contributed by atoms with Crippen molar-refractivity contribution in [2.75, 3.05) is 11.9 Å². The summed E-state index contributed by atoms with van der Waals surface area (Å²) < 4.78 is 32.3. The van der Waals surface area contributed by atoms with Gasteiger partial charge >= 0.3 is 6.09 Å². The highest BCUT2D eigenvalue weighted by Gasteiger charge is 2.34. The van der Waals surface area contributed by atoms with E-state index in [0.717, 1.165) is 12.1 Å². The SMILES string of the molecule is CC(C)(C)OC(=O)N1CC=C[C@H]1C(=O)Nc1ccc(F)c(Cl)c1F. The van der Waals surface area contributed by atoms with Crippen molar-refractivity contribution in [1.29, 1.82) is 0 Å². The first-order valence-corrected chi connectivity index (χ1v) is 7.58. The molecule has 130 valence electrons. The van der Waals surface area contributed by atoms with Gasteiger partial charge in [-0.15, -0.1) is 0 Å². The molecule has 0 aliphatic carbocycles. The molecule has 2 amide bonds. The molecule has 0 aromatic heterocycles. The minimum atomic E-state index is -1.07. The highest BCUT2D eigenvalue weighted by molar-refractivity contribution is 6.31. The lowest BCUT2D eigenvalue weighted by atomic mass is 10.2. The standard InChI is InChI=1S/C16H17ClF2N2O3/c1-16(2,3)24-15(23)21-8-4-5-11(21)14(22)20-10-7-6-9(18)12(17)13(10)19/h4-7,11H,8H2,1-3H3,(H,20,22)/t11-/m0/s1. The van der Waals surface area contributed by atoms with Crippen molar-refractivity contribution in [3.8, 4) is 0 Å². The van der Waals surface area contributed by atoms with Crippen molar-refractivity contribution >= 4 is 29.3 Å². The number of nitrogens with one attached hydrogen (secondary N) is 1. The van der Waals surface area contributed by atoms with Gasteiger partial charge in [-0.3, -0.25) is 9.69 Å². The fourth-order valence-corrected chi connectivity index (χ4v) is 2.25. The first-order chi connectivity index (χ1) is 11.1. The number of amides is 2. The largest absolute Gasteiger partial charge is 0.444 e. The molecule has 0 spiro atoms. The highest BCUT2D eigenvalue weighted by Crippen LogP contribution is 2.26. The number of nitrogens with zero attached hydrogens (tertiary/aromatic N) is 1. The lowest BCUT2D eigenvalue weighted by Gasteiger charge is -2.28. The van der Waals surface area contributed by atoms with Crippen LogP contribution in [0.4, 0.5) is 19.3 Å². The molecule has 0 fully saturated rings. The fraction of sp³-hybridized carbons (Fsp3) is 0.375. The van der Waals surface area contributed by atoms with Gasteiger partial charge in [-0.1, -0.05) is 23.8 Å². The number of carbonyl (C=O) groups excluding carboxylic acids is 2. The van der Waals surface area contributed by atoms with E-state index in [4.69, 9.17) is 16.3 Å². The Hall–Kier alpha value is -2.15. The summed E-state index contributed by atoms with van der Waals surface area (Å²) in [6.45, 7) is 5.32. The molecule has 8 heteroatoms. The lowest BCUT2D eigenvalue weighted by molar-refractivity contribution is -0.119. The van der Waals surface area contributed by atoms with E-state index in [1.807, 2.05) is 0 Å². The van der Waals surface area contributed by atoms with Gasteiger partial charge < -0.3 is 10.1 Å². The van der Waals surface area contributed by atoms with Crippen LogP contribution in [-0.4, -0.2) is 35.1 Å². The molecule has 1 aromatic carbocycles. The normalized spacial score (nSPS) is 17.1. The molecule has 2 rings (SSSR count). The summed E-state index contributed by atoms with van der Waals surface area (Å²) in [5.41, 5.74) is -0.979. The Balaban J connectivity index is 2.13. The molecule has 0 unspecified atom stereocenters. The minimum Gasteiger partial charge on any atom is -0.444 e. The van der Waals surface area contributed by atoms with Gasteiger partial charge in [-0.05, 0) is 32.9 Å². The second-order valence-electron chi connectivity index (χ2n) is 6.22. The molecule has 1 atom stereocenters. The van der Waals surface area contributed by atoms with Crippen LogP contribution >= 0.6 is 11.6 Å². The van der Waals surface area contributed by atoms with E-state index in [0.29, 0.717) is 0 Å². The van der Waals surface area contributed by atoms with Gasteiger partial charge in [0.2, 0.25) is 0 Å². The van der Waals surface area contributed by atoms with Gasteiger partial charge in [0.05, 0.1) is 5.69 Å². The summed E-state index contributed by atoms with van der Waals surface area (Å²) >= 11 is 5.48. The number of carbonyl (C=O) groups is 2. The monoisotopic (exact) mass is 358 g/mol. The summed E-state index contributed by atoms with van der Waals surface area (Å²) in [5, 5.41) is 1.59. The summed E-state index contributed by atoms with van der Waals surface area (Å²) in [5.74, 6) is -2.66. The number of anilines is 1. The van der Waals surface area contributed by atoms with Gasteiger partial charge in [0.15, 0.2) is 5.82 Å². The summed E-state index contributed by atoms with van der Waals surface area (Å²) in [7, 11) is 0. The van der Waals surface area contributed by atoms with E-state index in [-0.39, 0.29) is 12.2 Å². The lowest BCUT2D eigenvalue weighted by Crippen LogP contribution is -2.45. The number of benzene rings is 1. The molecule has 0 saturated carbocycles. The van der Waals surface area contributed by atoms with E-state index >= 15 is 0 Å². The quantitative estimate of drug-likeness (QED) is 0.647. The predicted molar refractivity (Wildman–Crippen MR) is 85.9 cm³/mol. The van der Waals surface area contributed by atoms with Crippen molar-refractivity contribution < 1.29 is 23.1 Å². The molecule has 0 radical (unpaired) electrons. The molecule has 1 heterocycles. The van der Waals surface area contributed by atoms with Crippen LogP contribution in [-0.2, 0) is 9.53 Å². The van der Waals surface area contributed by atoms with Gasteiger partial charge in [0.1, 0.15) is 22.5 Å². The highest BCUT2D eigenvalue weighted by atomic mass is 35.5. The van der Waals surface area contributed by atoms with Crippen LogP contribution in [0.2, 0.25) is 5.02 Å². The summed E-state index contributed by atoms with van der Waals surface area (Å²) in [6, 6.07) is 1.05. The van der Waals surface area contributed by atoms with Crippen LogP contribution in [0.3, 0.4) is 0 Å². The zero-order chi connectivity index (χ0) is 18.1. The Morgan fingerprint density at radius 1 is 1.33 bits per heavy atom. The van der Waals surface area contributed by atoms with Gasteiger partial charge in [-0.2, -0.15) is 0 Å². The summed E-state index contributed by atoms with van der Waals surface area (Å²) in [4.78, 5) is 25.7. The smallest absolute Gasteiger partial charge is 0.411 e. The fourth-order valence-electron chi connectivity index (χ4n) is 2.09.